The lowest BCUT2D eigenvalue weighted by Crippen LogP contribution is -2.27. The maximum absolute atomic E-state index is 11.3. The number of hydrogen-bond acceptors (Lipinski definition) is 3. The Balaban J connectivity index is 2.73. The van der Waals surface area contributed by atoms with Crippen molar-refractivity contribution in [1.82, 2.24) is 0 Å². The molecular weight excluding hydrogens is 228 g/mol. The van der Waals surface area contributed by atoms with E-state index in [1.165, 1.54) is 7.11 Å². The summed E-state index contributed by atoms with van der Waals surface area (Å²) in [6.07, 6.45) is 0.00759. The van der Waals surface area contributed by atoms with Crippen LogP contribution in [0.25, 0.3) is 0 Å². The van der Waals surface area contributed by atoms with Crippen LogP contribution in [0.15, 0.2) is 24.3 Å². The van der Waals surface area contributed by atoms with E-state index in [0.717, 1.165) is 5.56 Å². The molecule has 1 aromatic carbocycles. The molecule has 0 saturated carbocycles. The summed E-state index contributed by atoms with van der Waals surface area (Å²) in [5, 5.41) is 0. The van der Waals surface area contributed by atoms with Gasteiger partial charge < -0.3 is 9.47 Å². The lowest BCUT2D eigenvalue weighted by atomic mass is 10.2. The van der Waals surface area contributed by atoms with E-state index in [4.69, 9.17) is 16.3 Å². The number of esters is 1. The van der Waals surface area contributed by atoms with Gasteiger partial charge in [-0.3, -0.25) is 0 Å². The van der Waals surface area contributed by atoms with Gasteiger partial charge in [0.2, 0.25) is 0 Å². The highest BCUT2D eigenvalue weighted by atomic mass is 35.5. The largest absolute Gasteiger partial charge is 0.479 e. The first-order valence-corrected chi connectivity index (χ1v) is 5.64. The second-order valence-corrected chi connectivity index (χ2v) is 3.59. The third-order valence-corrected chi connectivity index (χ3v) is 2.47. The molecule has 0 heterocycles. The van der Waals surface area contributed by atoms with Crippen LogP contribution in [0.1, 0.15) is 18.9 Å². The van der Waals surface area contributed by atoms with E-state index in [-0.39, 0.29) is 5.97 Å². The normalized spacial score (nSPS) is 11.9. The number of hydrogen-bond donors (Lipinski definition) is 0. The van der Waals surface area contributed by atoms with Gasteiger partial charge in [-0.15, -0.1) is 11.6 Å². The molecule has 0 aliphatic heterocycles. The Morgan fingerprint density at radius 2 is 2.25 bits per heavy atom. The first-order valence-electron chi connectivity index (χ1n) is 5.10. The molecule has 88 valence electrons. The lowest BCUT2D eigenvalue weighted by Gasteiger charge is -2.15. The number of halogens is 1. The van der Waals surface area contributed by atoms with Crippen LogP contribution in [-0.2, 0) is 15.4 Å². The Labute approximate surface area is 100 Å². The summed E-state index contributed by atoms with van der Waals surface area (Å²) in [6.45, 7) is 1.87. The van der Waals surface area contributed by atoms with Gasteiger partial charge in [-0.25, -0.2) is 4.79 Å². The molecule has 0 aromatic heterocycles. The van der Waals surface area contributed by atoms with Crippen LogP contribution in [-0.4, -0.2) is 19.2 Å². The van der Waals surface area contributed by atoms with Crippen molar-refractivity contribution in [2.75, 3.05) is 7.11 Å². The van der Waals surface area contributed by atoms with Crippen molar-refractivity contribution in [2.24, 2.45) is 0 Å². The summed E-state index contributed by atoms with van der Waals surface area (Å²) in [5.74, 6) is 0.695. The molecule has 0 saturated heterocycles. The average molecular weight is 243 g/mol. The van der Waals surface area contributed by atoms with Crippen molar-refractivity contribution in [3.8, 4) is 5.75 Å². The Kier molecular flexibility index (Phi) is 5.12. The van der Waals surface area contributed by atoms with Crippen LogP contribution < -0.4 is 4.74 Å². The molecule has 0 N–H and O–H groups in total. The number of ether oxygens (including phenoxy) is 2. The third-order valence-electron chi connectivity index (χ3n) is 2.17. The zero-order valence-electron chi connectivity index (χ0n) is 9.40. The summed E-state index contributed by atoms with van der Waals surface area (Å²) in [4.78, 5) is 11.3. The maximum atomic E-state index is 11.3. The van der Waals surface area contributed by atoms with Crippen LogP contribution in [0, 0.1) is 0 Å². The molecule has 1 aromatic rings. The topological polar surface area (TPSA) is 35.5 Å². The molecule has 0 fully saturated rings. The zero-order chi connectivity index (χ0) is 12.0. The van der Waals surface area contributed by atoms with Crippen molar-refractivity contribution in [2.45, 2.75) is 25.3 Å². The van der Waals surface area contributed by atoms with Gasteiger partial charge in [0, 0.05) is 5.88 Å². The maximum Gasteiger partial charge on any atom is 0.347 e. The standard InChI is InChI=1S/C12H15ClO3/c1-3-11(12(14)15-2)16-10-6-4-5-9(7-10)8-13/h4-7,11H,3,8H2,1-2H3. The summed E-state index contributed by atoms with van der Waals surface area (Å²) < 4.78 is 10.2. The quantitative estimate of drug-likeness (QED) is 0.588. The van der Waals surface area contributed by atoms with Gasteiger partial charge in [0.15, 0.2) is 6.10 Å². The summed E-state index contributed by atoms with van der Waals surface area (Å²) in [7, 11) is 1.35. The van der Waals surface area contributed by atoms with Gasteiger partial charge in [-0.05, 0) is 24.1 Å². The molecule has 16 heavy (non-hydrogen) atoms. The lowest BCUT2D eigenvalue weighted by molar-refractivity contribution is -0.148. The fraction of sp³-hybridized carbons (Fsp3) is 0.417. The van der Waals surface area contributed by atoms with Crippen LogP contribution in [0.3, 0.4) is 0 Å². The van der Waals surface area contributed by atoms with Crippen molar-refractivity contribution in [3.05, 3.63) is 29.8 Å². The minimum atomic E-state index is -0.560. The number of carbonyl (C=O) groups excluding carboxylic acids is 1. The molecule has 0 aliphatic rings. The average Bonchev–Trinajstić information content (AvgIpc) is 2.35. The second kappa shape index (κ2) is 6.38. The Morgan fingerprint density at radius 1 is 1.50 bits per heavy atom. The molecule has 1 atom stereocenters. The van der Waals surface area contributed by atoms with Gasteiger partial charge in [0.25, 0.3) is 0 Å². The molecule has 0 radical (unpaired) electrons. The van der Waals surface area contributed by atoms with E-state index in [9.17, 15) is 4.79 Å². The fourth-order valence-electron chi connectivity index (χ4n) is 1.30. The molecule has 0 bridgehead atoms. The Hall–Kier alpha value is -1.22. The van der Waals surface area contributed by atoms with Crippen molar-refractivity contribution < 1.29 is 14.3 Å². The summed E-state index contributed by atoms with van der Waals surface area (Å²) in [5.41, 5.74) is 0.957. The van der Waals surface area contributed by atoms with Crippen molar-refractivity contribution >= 4 is 17.6 Å². The Bertz CT molecular complexity index is 352. The SMILES string of the molecule is CCC(Oc1cccc(CCl)c1)C(=O)OC. The molecule has 3 nitrogen and oxygen atoms in total. The number of rotatable bonds is 5. The van der Waals surface area contributed by atoms with E-state index >= 15 is 0 Å². The molecule has 1 rings (SSSR count). The number of alkyl halides is 1. The third kappa shape index (κ3) is 3.42. The van der Waals surface area contributed by atoms with E-state index in [1.54, 1.807) is 6.07 Å². The monoisotopic (exact) mass is 242 g/mol. The minimum absolute atomic E-state index is 0.362. The van der Waals surface area contributed by atoms with Crippen LogP contribution in [0.2, 0.25) is 0 Å². The smallest absolute Gasteiger partial charge is 0.347 e. The highest BCUT2D eigenvalue weighted by Crippen LogP contribution is 2.17. The van der Waals surface area contributed by atoms with Gasteiger partial charge >= 0.3 is 5.97 Å². The Morgan fingerprint density at radius 3 is 2.81 bits per heavy atom. The van der Waals surface area contributed by atoms with Gasteiger partial charge in [0.1, 0.15) is 5.75 Å². The van der Waals surface area contributed by atoms with E-state index in [1.807, 2.05) is 25.1 Å². The van der Waals surface area contributed by atoms with Crippen molar-refractivity contribution in [1.29, 1.82) is 0 Å². The predicted molar refractivity (Wildman–Crippen MR) is 62.7 cm³/mol. The van der Waals surface area contributed by atoms with Gasteiger partial charge in [-0.1, -0.05) is 19.1 Å². The van der Waals surface area contributed by atoms with E-state index in [0.29, 0.717) is 18.1 Å². The molecule has 1 unspecified atom stereocenters. The zero-order valence-corrected chi connectivity index (χ0v) is 10.2. The van der Waals surface area contributed by atoms with Gasteiger partial charge in [-0.2, -0.15) is 0 Å². The van der Waals surface area contributed by atoms with Crippen LogP contribution in [0.4, 0.5) is 0 Å². The molecule has 0 spiro atoms. The molecular formula is C12H15ClO3. The van der Waals surface area contributed by atoms with Crippen LogP contribution >= 0.6 is 11.6 Å². The molecule has 0 aliphatic carbocycles. The first kappa shape index (κ1) is 12.8. The number of benzene rings is 1. The van der Waals surface area contributed by atoms with Crippen LogP contribution in [0.5, 0.6) is 5.75 Å². The van der Waals surface area contributed by atoms with Gasteiger partial charge in [0.05, 0.1) is 7.11 Å². The highest BCUT2D eigenvalue weighted by Gasteiger charge is 2.18. The number of methoxy groups -OCH3 is 1. The summed E-state index contributed by atoms with van der Waals surface area (Å²) >= 11 is 5.71. The number of carbonyl (C=O) groups is 1. The molecule has 0 amide bonds. The van der Waals surface area contributed by atoms with E-state index in [2.05, 4.69) is 4.74 Å². The van der Waals surface area contributed by atoms with Crippen molar-refractivity contribution in [3.63, 3.8) is 0 Å². The minimum Gasteiger partial charge on any atom is -0.479 e. The fourth-order valence-corrected chi connectivity index (χ4v) is 1.46. The highest BCUT2D eigenvalue weighted by molar-refractivity contribution is 6.17. The summed E-state index contributed by atoms with van der Waals surface area (Å²) in [6, 6.07) is 7.36. The first-order chi connectivity index (χ1) is 7.71. The second-order valence-electron chi connectivity index (χ2n) is 3.32. The molecule has 4 heteroatoms. The van der Waals surface area contributed by atoms with E-state index < -0.39 is 6.10 Å². The predicted octanol–water partition coefficient (Wildman–Crippen LogP) is 2.76.